The number of carbonyl (C=O) groups is 2. The van der Waals surface area contributed by atoms with Crippen LogP contribution in [-0.4, -0.2) is 22.8 Å². The standard InChI is InChI=1S/C42H42O5/c1-41(2,46-29-32-16-10-6-11-17-32)39(43)36-24-20-34(21-25-36)38(45-28-31-14-8-5-9-15-31)35-22-26-37(27-23-35)40(44)42(3,4)47-30-33-18-12-7-13-19-33/h5-27,38H,28-30H2,1-4H3. The van der Waals surface area contributed by atoms with E-state index in [-0.39, 0.29) is 11.6 Å². The summed E-state index contributed by atoms with van der Waals surface area (Å²) < 4.78 is 18.6. The zero-order valence-corrected chi connectivity index (χ0v) is 27.5. The lowest BCUT2D eigenvalue weighted by Gasteiger charge is -2.25. The van der Waals surface area contributed by atoms with Gasteiger partial charge in [-0.05, 0) is 55.5 Å². The quantitative estimate of drug-likeness (QED) is 0.108. The first kappa shape index (κ1) is 33.7. The third-order valence-corrected chi connectivity index (χ3v) is 8.19. The molecule has 5 aromatic carbocycles. The predicted molar refractivity (Wildman–Crippen MR) is 185 cm³/mol. The van der Waals surface area contributed by atoms with Gasteiger partial charge in [0, 0.05) is 11.1 Å². The van der Waals surface area contributed by atoms with Gasteiger partial charge in [0.15, 0.2) is 11.6 Å². The highest BCUT2D eigenvalue weighted by Crippen LogP contribution is 2.30. The van der Waals surface area contributed by atoms with E-state index in [1.807, 2.05) is 140 Å². The molecule has 0 fully saturated rings. The summed E-state index contributed by atoms with van der Waals surface area (Å²) in [6.45, 7) is 8.30. The van der Waals surface area contributed by atoms with Gasteiger partial charge in [0.1, 0.15) is 17.3 Å². The van der Waals surface area contributed by atoms with Crippen molar-refractivity contribution < 1.29 is 23.8 Å². The fourth-order valence-corrected chi connectivity index (χ4v) is 5.26. The lowest BCUT2D eigenvalue weighted by Crippen LogP contribution is -2.35. The minimum atomic E-state index is -0.998. The Morgan fingerprint density at radius 2 is 0.787 bits per heavy atom. The largest absolute Gasteiger partial charge is 0.364 e. The summed E-state index contributed by atoms with van der Waals surface area (Å²) >= 11 is 0. The molecule has 240 valence electrons. The molecule has 0 aromatic heterocycles. The van der Waals surface area contributed by atoms with E-state index in [1.54, 1.807) is 27.7 Å². The van der Waals surface area contributed by atoms with Gasteiger partial charge >= 0.3 is 0 Å². The number of hydrogen-bond acceptors (Lipinski definition) is 5. The molecule has 0 aliphatic heterocycles. The van der Waals surface area contributed by atoms with E-state index >= 15 is 0 Å². The summed E-state index contributed by atoms with van der Waals surface area (Å²) in [5, 5.41) is 0. The fraction of sp³-hybridized carbons (Fsp3) is 0.238. The van der Waals surface area contributed by atoms with Gasteiger partial charge in [0.05, 0.1) is 19.8 Å². The molecular formula is C42H42O5. The Morgan fingerprint density at radius 3 is 1.13 bits per heavy atom. The average molecular weight is 627 g/mol. The van der Waals surface area contributed by atoms with E-state index in [4.69, 9.17) is 14.2 Å². The highest BCUT2D eigenvalue weighted by atomic mass is 16.5. The van der Waals surface area contributed by atoms with Crippen molar-refractivity contribution in [2.45, 2.75) is 64.8 Å². The smallest absolute Gasteiger partial charge is 0.194 e. The summed E-state index contributed by atoms with van der Waals surface area (Å²) in [4.78, 5) is 26.9. The van der Waals surface area contributed by atoms with Crippen LogP contribution in [0.3, 0.4) is 0 Å². The normalized spacial score (nSPS) is 11.9. The van der Waals surface area contributed by atoms with Crippen LogP contribution in [0, 0.1) is 0 Å². The van der Waals surface area contributed by atoms with Crippen molar-refractivity contribution in [2.24, 2.45) is 0 Å². The second-order valence-corrected chi connectivity index (χ2v) is 12.6. The summed E-state index contributed by atoms with van der Waals surface area (Å²) in [5.41, 5.74) is 3.99. The van der Waals surface area contributed by atoms with Gasteiger partial charge in [-0.3, -0.25) is 9.59 Å². The van der Waals surface area contributed by atoms with E-state index in [2.05, 4.69) is 0 Å². The molecule has 0 unspecified atom stereocenters. The van der Waals surface area contributed by atoms with Crippen LogP contribution in [0.5, 0.6) is 0 Å². The second-order valence-electron chi connectivity index (χ2n) is 12.6. The number of hydrogen-bond donors (Lipinski definition) is 0. The van der Waals surface area contributed by atoms with Crippen molar-refractivity contribution in [1.82, 2.24) is 0 Å². The zero-order valence-electron chi connectivity index (χ0n) is 27.5. The molecule has 0 atom stereocenters. The molecule has 0 aliphatic rings. The van der Waals surface area contributed by atoms with Gasteiger partial charge in [-0.25, -0.2) is 0 Å². The molecule has 5 aromatic rings. The average Bonchev–Trinajstić information content (AvgIpc) is 3.11. The third kappa shape index (κ3) is 8.99. The summed E-state index contributed by atoms with van der Waals surface area (Å²) in [7, 11) is 0. The summed E-state index contributed by atoms with van der Waals surface area (Å²) in [6, 6.07) is 44.7. The van der Waals surface area contributed by atoms with E-state index in [0.717, 1.165) is 27.8 Å². The Hall–Kier alpha value is -4.68. The maximum absolute atomic E-state index is 13.5. The number of carbonyl (C=O) groups excluding carboxylic acids is 2. The first-order valence-electron chi connectivity index (χ1n) is 15.9. The maximum atomic E-state index is 13.5. The lowest BCUT2D eigenvalue weighted by atomic mass is 9.92. The van der Waals surface area contributed by atoms with Crippen LogP contribution < -0.4 is 0 Å². The van der Waals surface area contributed by atoms with Crippen molar-refractivity contribution >= 4 is 11.6 Å². The molecule has 0 aliphatic carbocycles. The highest BCUT2D eigenvalue weighted by Gasteiger charge is 2.31. The molecule has 47 heavy (non-hydrogen) atoms. The van der Waals surface area contributed by atoms with Gasteiger partial charge in [0.2, 0.25) is 0 Å². The van der Waals surface area contributed by atoms with Gasteiger partial charge in [-0.15, -0.1) is 0 Å². The molecule has 0 saturated heterocycles. The molecule has 0 heterocycles. The molecule has 0 saturated carbocycles. The number of rotatable bonds is 15. The minimum absolute atomic E-state index is 0.0956. The van der Waals surface area contributed by atoms with E-state index in [0.29, 0.717) is 30.9 Å². The first-order chi connectivity index (χ1) is 22.6. The Kier molecular flexibility index (Phi) is 10.9. The molecule has 5 heteroatoms. The van der Waals surface area contributed by atoms with Crippen molar-refractivity contribution in [3.8, 4) is 0 Å². The second kappa shape index (κ2) is 15.3. The Labute approximate surface area is 278 Å². The van der Waals surface area contributed by atoms with Crippen molar-refractivity contribution in [2.75, 3.05) is 0 Å². The molecule has 0 bridgehead atoms. The van der Waals surface area contributed by atoms with Crippen LogP contribution in [0.2, 0.25) is 0 Å². The van der Waals surface area contributed by atoms with Crippen molar-refractivity contribution in [3.05, 3.63) is 178 Å². The molecule has 5 nitrogen and oxygen atoms in total. The van der Waals surface area contributed by atoms with Crippen LogP contribution in [0.25, 0.3) is 0 Å². The first-order valence-corrected chi connectivity index (χ1v) is 15.9. The van der Waals surface area contributed by atoms with Gasteiger partial charge in [-0.1, -0.05) is 140 Å². The Balaban J connectivity index is 1.32. The summed E-state index contributed by atoms with van der Waals surface area (Å²) in [6.07, 6.45) is -0.423. The number of benzene rings is 5. The number of Topliss-reactive ketones (excluding diaryl/α,β-unsaturated/α-hetero) is 2. The third-order valence-electron chi connectivity index (χ3n) is 8.19. The fourth-order valence-electron chi connectivity index (χ4n) is 5.26. The van der Waals surface area contributed by atoms with Crippen LogP contribution in [-0.2, 0) is 34.0 Å². The van der Waals surface area contributed by atoms with Gasteiger partial charge < -0.3 is 14.2 Å². The van der Waals surface area contributed by atoms with E-state index in [1.165, 1.54) is 0 Å². The molecule has 0 amide bonds. The Bertz CT molecular complexity index is 1620. The van der Waals surface area contributed by atoms with Crippen LogP contribution in [0.1, 0.15) is 82.3 Å². The molecule has 0 spiro atoms. The molecule has 0 N–H and O–H groups in total. The predicted octanol–water partition coefficient (Wildman–Crippen LogP) is 9.35. The molecule has 0 radical (unpaired) electrons. The topological polar surface area (TPSA) is 61.8 Å². The molecule has 5 rings (SSSR count). The monoisotopic (exact) mass is 626 g/mol. The van der Waals surface area contributed by atoms with Crippen molar-refractivity contribution in [1.29, 1.82) is 0 Å². The zero-order chi connectivity index (χ0) is 33.3. The van der Waals surface area contributed by atoms with Crippen LogP contribution in [0.15, 0.2) is 140 Å². The van der Waals surface area contributed by atoms with Crippen LogP contribution in [0.4, 0.5) is 0 Å². The highest BCUT2D eigenvalue weighted by molar-refractivity contribution is 6.02. The maximum Gasteiger partial charge on any atom is 0.194 e. The SMILES string of the molecule is CC(C)(OCc1ccccc1)C(=O)c1ccc(C(OCc2ccccc2)c2ccc(C(=O)C(C)(C)OCc3ccccc3)cc2)cc1. The summed E-state index contributed by atoms with van der Waals surface area (Å²) in [5.74, 6) is -0.191. The number of ketones is 2. The lowest BCUT2D eigenvalue weighted by molar-refractivity contribution is -0.0135. The Morgan fingerprint density at radius 1 is 0.468 bits per heavy atom. The van der Waals surface area contributed by atoms with Gasteiger partial charge in [-0.2, -0.15) is 0 Å². The van der Waals surface area contributed by atoms with Gasteiger partial charge in [0.25, 0.3) is 0 Å². The van der Waals surface area contributed by atoms with E-state index < -0.39 is 17.3 Å². The molecular weight excluding hydrogens is 584 g/mol. The van der Waals surface area contributed by atoms with Crippen LogP contribution >= 0.6 is 0 Å². The number of ether oxygens (including phenoxy) is 3. The van der Waals surface area contributed by atoms with Crippen molar-refractivity contribution in [3.63, 3.8) is 0 Å². The minimum Gasteiger partial charge on any atom is -0.364 e. The van der Waals surface area contributed by atoms with E-state index in [9.17, 15) is 9.59 Å².